The number of rotatable bonds is 2. The van der Waals surface area contributed by atoms with Crippen molar-refractivity contribution in [2.75, 3.05) is 19.6 Å². The molecule has 16 heavy (non-hydrogen) atoms. The van der Waals surface area contributed by atoms with Crippen molar-refractivity contribution < 1.29 is 0 Å². The summed E-state index contributed by atoms with van der Waals surface area (Å²) < 4.78 is 0. The molecule has 0 amide bonds. The zero-order valence-electron chi connectivity index (χ0n) is 11.3. The number of piperazine rings is 1. The SMILES string of the molecule is CCCN1CC(C)(C)NCC12CCCCC2. The Morgan fingerprint density at radius 3 is 2.44 bits per heavy atom. The minimum absolute atomic E-state index is 0.303. The van der Waals surface area contributed by atoms with E-state index < -0.39 is 0 Å². The van der Waals surface area contributed by atoms with Crippen LogP contribution < -0.4 is 5.32 Å². The molecule has 2 aliphatic rings. The third kappa shape index (κ3) is 2.43. The lowest BCUT2D eigenvalue weighted by molar-refractivity contribution is -0.00967. The summed E-state index contributed by atoms with van der Waals surface area (Å²) >= 11 is 0. The van der Waals surface area contributed by atoms with Gasteiger partial charge < -0.3 is 5.32 Å². The molecule has 0 unspecified atom stereocenters. The molecule has 1 saturated carbocycles. The molecule has 0 atom stereocenters. The van der Waals surface area contributed by atoms with Crippen LogP contribution in [0.1, 0.15) is 59.3 Å². The first-order valence-corrected chi connectivity index (χ1v) is 7.08. The zero-order chi connectivity index (χ0) is 11.6. The Morgan fingerprint density at radius 1 is 1.12 bits per heavy atom. The summed E-state index contributed by atoms with van der Waals surface area (Å²) in [5.41, 5.74) is 0.807. The molecule has 1 aliphatic heterocycles. The van der Waals surface area contributed by atoms with Crippen molar-refractivity contribution in [1.29, 1.82) is 0 Å². The Hall–Kier alpha value is -0.0800. The van der Waals surface area contributed by atoms with E-state index in [1.165, 1.54) is 58.2 Å². The first-order valence-electron chi connectivity index (χ1n) is 7.08. The van der Waals surface area contributed by atoms with E-state index in [1.54, 1.807) is 0 Å². The topological polar surface area (TPSA) is 15.3 Å². The minimum Gasteiger partial charge on any atom is -0.309 e. The molecule has 0 bridgehead atoms. The van der Waals surface area contributed by atoms with Crippen molar-refractivity contribution in [2.45, 2.75) is 70.4 Å². The Labute approximate surface area is 101 Å². The van der Waals surface area contributed by atoms with Gasteiger partial charge in [-0.2, -0.15) is 0 Å². The van der Waals surface area contributed by atoms with Crippen LogP contribution in [0.2, 0.25) is 0 Å². The van der Waals surface area contributed by atoms with Gasteiger partial charge in [0.2, 0.25) is 0 Å². The summed E-state index contributed by atoms with van der Waals surface area (Å²) in [4.78, 5) is 2.79. The van der Waals surface area contributed by atoms with E-state index in [-0.39, 0.29) is 0 Å². The molecule has 2 heteroatoms. The van der Waals surface area contributed by atoms with Gasteiger partial charge in [0, 0.05) is 24.2 Å². The Bertz CT molecular complexity index is 229. The second kappa shape index (κ2) is 4.66. The normalized spacial score (nSPS) is 29.4. The molecular weight excluding hydrogens is 196 g/mol. The highest BCUT2D eigenvalue weighted by atomic mass is 15.3. The first-order chi connectivity index (χ1) is 7.58. The van der Waals surface area contributed by atoms with Crippen LogP contribution in [-0.2, 0) is 0 Å². The highest BCUT2D eigenvalue weighted by Crippen LogP contribution is 2.36. The van der Waals surface area contributed by atoms with E-state index in [0.29, 0.717) is 11.1 Å². The summed E-state index contributed by atoms with van der Waals surface area (Å²) in [7, 11) is 0. The standard InChI is InChI=1S/C14H28N2/c1-4-10-16-12-13(2,3)15-11-14(16)8-6-5-7-9-14/h15H,4-12H2,1-3H3. The van der Waals surface area contributed by atoms with Gasteiger partial charge in [-0.15, -0.1) is 0 Å². The van der Waals surface area contributed by atoms with E-state index in [9.17, 15) is 0 Å². The van der Waals surface area contributed by atoms with Crippen LogP contribution in [0.3, 0.4) is 0 Å². The van der Waals surface area contributed by atoms with E-state index in [4.69, 9.17) is 0 Å². The zero-order valence-corrected chi connectivity index (χ0v) is 11.3. The molecular formula is C14H28N2. The fraction of sp³-hybridized carbons (Fsp3) is 1.00. The number of hydrogen-bond acceptors (Lipinski definition) is 2. The van der Waals surface area contributed by atoms with Crippen LogP contribution in [0.4, 0.5) is 0 Å². The van der Waals surface area contributed by atoms with E-state index >= 15 is 0 Å². The number of nitrogens with zero attached hydrogens (tertiary/aromatic N) is 1. The van der Waals surface area contributed by atoms with Gasteiger partial charge in [-0.1, -0.05) is 26.2 Å². The van der Waals surface area contributed by atoms with Crippen LogP contribution in [-0.4, -0.2) is 35.6 Å². The molecule has 2 fully saturated rings. The number of nitrogens with one attached hydrogen (secondary N) is 1. The average Bonchev–Trinajstić information content (AvgIpc) is 2.26. The van der Waals surface area contributed by atoms with E-state index in [2.05, 4.69) is 31.0 Å². The lowest BCUT2D eigenvalue weighted by atomic mass is 9.77. The lowest BCUT2D eigenvalue weighted by Gasteiger charge is -2.54. The lowest BCUT2D eigenvalue weighted by Crippen LogP contribution is -2.68. The molecule has 94 valence electrons. The molecule has 0 aromatic carbocycles. The van der Waals surface area contributed by atoms with Crippen molar-refractivity contribution in [2.24, 2.45) is 0 Å². The van der Waals surface area contributed by atoms with Gasteiger partial charge in [-0.3, -0.25) is 4.90 Å². The van der Waals surface area contributed by atoms with Gasteiger partial charge in [0.15, 0.2) is 0 Å². The predicted molar refractivity (Wildman–Crippen MR) is 69.8 cm³/mol. The maximum absolute atomic E-state index is 3.77. The Kier molecular flexibility index (Phi) is 3.60. The van der Waals surface area contributed by atoms with Gasteiger partial charge in [0.25, 0.3) is 0 Å². The van der Waals surface area contributed by atoms with Crippen LogP contribution in [0.5, 0.6) is 0 Å². The fourth-order valence-corrected chi connectivity index (χ4v) is 3.51. The maximum Gasteiger partial charge on any atom is 0.0334 e. The van der Waals surface area contributed by atoms with Gasteiger partial charge in [-0.05, 0) is 39.7 Å². The third-order valence-electron chi connectivity index (χ3n) is 4.43. The van der Waals surface area contributed by atoms with Gasteiger partial charge in [0.1, 0.15) is 0 Å². The maximum atomic E-state index is 3.77. The van der Waals surface area contributed by atoms with Crippen LogP contribution >= 0.6 is 0 Å². The molecule has 1 saturated heterocycles. The minimum atomic E-state index is 0.303. The quantitative estimate of drug-likeness (QED) is 0.776. The van der Waals surface area contributed by atoms with E-state index in [0.717, 1.165) is 0 Å². The molecule has 0 aromatic rings. The molecule has 0 radical (unpaired) electrons. The Balaban J connectivity index is 2.10. The van der Waals surface area contributed by atoms with E-state index in [1.807, 2.05) is 0 Å². The van der Waals surface area contributed by atoms with Crippen LogP contribution in [0.25, 0.3) is 0 Å². The summed E-state index contributed by atoms with van der Waals surface area (Å²) in [5, 5.41) is 3.77. The van der Waals surface area contributed by atoms with Crippen molar-refractivity contribution in [3.63, 3.8) is 0 Å². The molecule has 2 nitrogen and oxygen atoms in total. The fourth-order valence-electron chi connectivity index (χ4n) is 3.51. The average molecular weight is 224 g/mol. The second-order valence-corrected chi connectivity index (χ2v) is 6.44. The summed E-state index contributed by atoms with van der Waals surface area (Å²) in [5.74, 6) is 0. The van der Waals surface area contributed by atoms with Gasteiger partial charge in [0.05, 0.1) is 0 Å². The molecule has 2 rings (SSSR count). The Morgan fingerprint density at radius 2 is 1.81 bits per heavy atom. The van der Waals surface area contributed by atoms with Crippen LogP contribution in [0, 0.1) is 0 Å². The monoisotopic (exact) mass is 224 g/mol. The molecule has 0 aromatic heterocycles. The number of hydrogen-bond donors (Lipinski definition) is 1. The van der Waals surface area contributed by atoms with Crippen molar-refractivity contribution >= 4 is 0 Å². The largest absolute Gasteiger partial charge is 0.309 e. The van der Waals surface area contributed by atoms with Crippen molar-refractivity contribution in [1.82, 2.24) is 10.2 Å². The van der Waals surface area contributed by atoms with Crippen molar-refractivity contribution in [3.8, 4) is 0 Å². The summed E-state index contributed by atoms with van der Waals surface area (Å²) in [6, 6.07) is 0. The third-order valence-corrected chi connectivity index (χ3v) is 4.43. The van der Waals surface area contributed by atoms with Crippen molar-refractivity contribution in [3.05, 3.63) is 0 Å². The van der Waals surface area contributed by atoms with Gasteiger partial charge >= 0.3 is 0 Å². The summed E-state index contributed by atoms with van der Waals surface area (Å²) in [6.07, 6.45) is 8.43. The second-order valence-electron chi connectivity index (χ2n) is 6.44. The first kappa shape index (κ1) is 12.4. The predicted octanol–water partition coefficient (Wildman–Crippen LogP) is 2.78. The van der Waals surface area contributed by atoms with Crippen LogP contribution in [0.15, 0.2) is 0 Å². The van der Waals surface area contributed by atoms with Gasteiger partial charge in [-0.25, -0.2) is 0 Å². The molecule has 1 N–H and O–H groups in total. The summed E-state index contributed by atoms with van der Waals surface area (Å²) in [6.45, 7) is 10.7. The highest BCUT2D eigenvalue weighted by Gasteiger charge is 2.43. The molecule has 1 spiro atoms. The smallest absolute Gasteiger partial charge is 0.0334 e. The highest BCUT2D eigenvalue weighted by molar-refractivity contribution is 5.03. The molecule has 1 aliphatic carbocycles. The molecule has 1 heterocycles.